The summed E-state index contributed by atoms with van der Waals surface area (Å²) in [6.45, 7) is 1.92. The Balaban J connectivity index is 1.69. The summed E-state index contributed by atoms with van der Waals surface area (Å²) >= 11 is 0. The van der Waals surface area contributed by atoms with E-state index in [1.54, 1.807) is 13.2 Å². The predicted molar refractivity (Wildman–Crippen MR) is 88.8 cm³/mol. The minimum Gasteiger partial charge on any atom is -0.496 e. The van der Waals surface area contributed by atoms with Crippen LogP contribution in [0.15, 0.2) is 42.5 Å². The summed E-state index contributed by atoms with van der Waals surface area (Å²) in [5, 5.41) is 15.8. The van der Waals surface area contributed by atoms with Gasteiger partial charge < -0.3 is 20.5 Å². The summed E-state index contributed by atoms with van der Waals surface area (Å²) in [6.07, 6.45) is -0.0429. The van der Waals surface area contributed by atoms with Gasteiger partial charge in [-0.2, -0.15) is 0 Å². The highest BCUT2D eigenvalue weighted by molar-refractivity contribution is 5.89. The van der Waals surface area contributed by atoms with Crippen LogP contribution in [0.1, 0.15) is 22.7 Å². The van der Waals surface area contributed by atoms with Crippen molar-refractivity contribution in [3.05, 3.63) is 59.2 Å². The zero-order chi connectivity index (χ0) is 16.4. The Morgan fingerprint density at radius 1 is 1.26 bits per heavy atom. The highest BCUT2D eigenvalue weighted by atomic mass is 16.5. The van der Waals surface area contributed by atoms with Crippen molar-refractivity contribution >= 4 is 11.7 Å². The molecular weight excluding hydrogens is 292 g/mol. The zero-order valence-corrected chi connectivity index (χ0v) is 13.2. The Kier molecular flexibility index (Phi) is 4.21. The van der Waals surface area contributed by atoms with Crippen molar-refractivity contribution in [3.63, 3.8) is 0 Å². The summed E-state index contributed by atoms with van der Waals surface area (Å²) in [5.41, 5.74) is 3.67. The van der Waals surface area contributed by atoms with Gasteiger partial charge in [0.1, 0.15) is 5.75 Å². The third-order valence-electron chi connectivity index (χ3n) is 4.14. The fourth-order valence-corrected chi connectivity index (χ4v) is 3.01. The van der Waals surface area contributed by atoms with Crippen LogP contribution >= 0.6 is 0 Å². The number of ether oxygens (including phenoxy) is 1. The van der Waals surface area contributed by atoms with Gasteiger partial charge in [-0.3, -0.25) is 0 Å². The molecule has 23 heavy (non-hydrogen) atoms. The summed E-state index contributed by atoms with van der Waals surface area (Å²) in [7, 11) is 1.61. The number of fused-ring (bicyclic) bond motifs is 1. The maximum Gasteiger partial charge on any atom is 0.319 e. The van der Waals surface area contributed by atoms with Crippen molar-refractivity contribution in [3.8, 4) is 5.75 Å². The number of methoxy groups -OCH3 is 1. The van der Waals surface area contributed by atoms with Crippen molar-refractivity contribution in [2.24, 2.45) is 0 Å². The van der Waals surface area contributed by atoms with Gasteiger partial charge in [0, 0.05) is 12.1 Å². The summed E-state index contributed by atoms with van der Waals surface area (Å²) in [4.78, 5) is 12.2. The largest absolute Gasteiger partial charge is 0.496 e. The van der Waals surface area contributed by atoms with E-state index in [2.05, 4.69) is 10.6 Å². The van der Waals surface area contributed by atoms with Crippen molar-refractivity contribution in [2.75, 3.05) is 12.4 Å². The van der Waals surface area contributed by atoms with E-state index in [1.807, 2.05) is 43.3 Å². The third kappa shape index (κ3) is 3.14. The minimum atomic E-state index is -0.601. The molecule has 5 heteroatoms. The Labute approximate surface area is 135 Å². The predicted octanol–water partition coefficient (Wildman–Crippen LogP) is 2.78. The second-order valence-electron chi connectivity index (χ2n) is 5.73. The Morgan fingerprint density at radius 2 is 2.04 bits per heavy atom. The van der Waals surface area contributed by atoms with Crippen LogP contribution in [0.3, 0.4) is 0 Å². The number of aliphatic hydroxyl groups is 1. The number of nitrogens with one attached hydrogen (secondary N) is 2. The van der Waals surface area contributed by atoms with Crippen LogP contribution in [0.2, 0.25) is 0 Å². The number of amides is 2. The van der Waals surface area contributed by atoms with Gasteiger partial charge in [0.15, 0.2) is 0 Å². The molecule has 1 aliphatic rings. The molecule has 0 aliphatic heterocycles. The lowest BCUT2D eigenvalue weighted by molar-refractivity contribution is 0.144. The first kappa shape index (κ1) is 15.4. The molecule has 0 bridgehead atoms. The number of rotatable bonds is 3. The van der Waals surface area contributed by atoms with E-state index in [4.69, 9.17) is 4.74 Å². The first-order valence-electron chi connectivity index (χ1n) is 7.56. The monoisotopic (exact) mass is 312 g/mol. The first-order chi connectivity index (χ1) is 11.1. The topological polar surface area (TPSA) is 70.6 Å². The molecule has 0 fully saturated rings. The average molecular weight is 312 g/mol. The van der Waals surface area contributed by atoms with E-state index in [9.17, 15) is 9.90 Å². The van der Waals surface area contributed by atoms with Gasteiger partial charge in [-0.25, -0.2) is 4.79 Å². The summed E-state index contributed by atoms with van der Waals surface area (Å²) in [6, 6.07) is 12.5. The smallest absolute Gasteiger partial charge is 0.319 e. The summed E-state index contributed by atoms with van der Waals surface area (Å²) < 4.78 is 5.20. The van der Waals surface area contributed by atoms with Gasteiger partial charge in [-0.1, -0.05) is 24.3 Å². The van der Waals surface area contributed by atoms with Crippen molar-refractivity contribution in [1.82, 2.24) is 5.32 Å². The quantitative estimate of drug-likeness (QED) is 0.816. The van der Waals surface area contributed by atoms with Crippen LogP contribution in [-0.2, 0) is 6.42 Å². The molecule has 3 rings (SSSR count). The van der Waals surface area contributed by atoms with Crippen LogP contribution in [0.25, 0.3) is 0 Å². The number of hydrogen-bond acceptors (Lipinski definition) is 3. The molecule has 0 saturated heterocycles. The van der Waals surface area contributed by atoms with Crippen LogP contribution in [0, 0.1) is 6.92 Å². The van der Waals surface area contributed by atoms with Gasteiger partial charge in [-0.05, 0) is 41.8 Å². The molecule has 0 spiro atoms. The van der Waals surface area contributed by atoms with E-state index in [1.165, 1.54) is 0 Å². The lowest BCUT2D eigenvalue weighted by atomic mass is 10.1. The fourth-order valence-electron chi connectivity index (χ4n) is 3.01. The molecule has 1 aliphatic carbocycles. The summed E-state index contributed by atoms with van der Waals surface area (Å²) in [5.74, 6) is 0.774. The maximum atomic E-state index is 12.2. The van der Waals surface area contributed by atoms with Gasteiger partial charge in [0.2, 0.25) is 0 Å². The lowest BCUT2D eigenvalue weighted by Gasteiger charge is -2.18. The zero-order valence-electron chi connectivity index (χ0n) is 13.2. The Bertz CT molecular complexity index is 730. The highest BCUT2D eigenvalue weighted by Gasteiger charge is 2.31. The van der Waals surface area contributed by atoms with Crippen LogP contribution in [0.4, 0.5) is 10.5 Å². The molecule has 5 nitrogen and oxygen atoms in total. The first-order valence-corrected chi connectivity index (χ1v) is 7.56. The van der Waals surface area contributed by atoms with Gasteiger partial charge >= 0.3 is 6.03 Å². The number of hydrogen-bond donors (Lipinski definition) is 3. The second-order valence-corrected chi connectivity index (χ2v) is 5.73. The molecule has 0 heterocycles. The number of anilines is 1. The highest BCUT2D eigenvalue weighted by Crippen LogP contribution is 2.31. The minimum absolute atomic E-state index is 0.338. The van der Waals surface area contributed by atoms with E-state index in [0.717, 1.165) is 22.4 Å². The van der Waals surface area contributed by atoms with Crippen molar-refractivity contribution in [1.29, 1.82) is 0 Å². The molecule has 2 aromatic carbocycles. The van der Waals surface area contributed by atoms with Gasteiger partial charge in [0.25, 0.3) is 0 Å². The van der Waals surface area contributed by atoms with Crippen LogP contribution < -0.4 is 15.4 Å². The molecule has 2 atom stereocenters. The third-order valence-corrected chi connectivity index (χ3v) is 4.14. The van der Waals surface area contributed by atoms with Crippen molar-refractivity contribution in [2.45, 2.75) is 25.5 Å². The Morgan fingerprint density at radius 3 is 2.78 bits per heavy atom. The normalized spacial score (nSPS) is 19.1. The SMILES string of the molecule is COc1ccc(NC(=O)N[C@H]2c3ccccc3C[C@H]2O)cc1C. The van der Waals surface area contributed by atoms with Gasteiger partial charge in [0.05, 0.1) is 19.3 Å². The number of urea groups is 1. The number of aryl methyl sites for hydroxylation is 1. The maximum absolute atomic E-state index is 12.2. The molecular formula is C18H20N2O3. The van der Waals surface area contributed by atoms with Crippen molar-refractivity contribution < 1.29 is 14.6 Å². The van der Waals surface area contributed by atoms with E-state index in [0.29, 0.717) is 12.1 Å². The second kappa shape index (κ2) is 6.30. The van der Waals surface area contributed by atoms with Crippen LogP contribution in [-0.4, -0.2) is 24.4 Å². The molecule has 0 radical (unpaired) electrons. The molecule has 0 aromatic heterocycles. The molecule has 2 amide bonds. The van der Waals surface area contributed by atoms with E-state index in [-0.39, 0.29) is 12.1 Å². The standard InChI is InChI=1S/C18H20N2O3/c1-11-9-13(7-8-16(11)23-2)19-18(22)20-17-14-6-4-3-5-12(14)10-15(17)21/h3-9,15,17,21H,10H2,1-2H3,(H2,19,20,22)/t15-,17+/m1/s1. The molecule has 2 aromatic rings. The van der Waals surface area contributed by atoms with E-state index < -0.39 is 6.10 Å². The molecule has 3 N–H and O–H groups in total. The number of aliphatic hydroxyl groups excluding tert-OH is 1. The molecule has 0 unspecified atom stereocenters. The Hall–Kier alpha value is -2.53. The average Bonchev–Trinajstić information content (AvgIpc) is 2.83. The van der Waals surface area contributed by atoms with E-state index >= 15 is 0 Å². The number of carbonyl (C=O) groups is 1. The van der Waals surface area contributed by atoms with Gasteiger partial charge in [-0.15, -0.1) is 0 Å². The lowest BCUT2D eigenvalue weighted by Crippen LogP contribution is -2.36. The molecule has 120 valence electrons. The fraction of sp³-hybridized carbons (Fsp3) is 0.278. The molecule has 0 saturated carbocycles. The van der Waals surface area contributed by atoms with Crippen LogP contribution in [0.5, 0.6) is 5.75 Å². The number of carbonyl (C=O) groups excluding carboxylic acids is 1. The number of benzene rings is 2.